The molecule has 1 fully saturated rings. The first-order valence-corrected chi connectivity index (χ1v) is 9.85. The first-order chi connectivity index (χ1) is 14.1. The van der Waals surface area contributed by atoms with Gasteiger partial charge in [0.1, 0.15) is 11.6 Å². The zero-order valence-corrected chi connectivity index (χ0v) is 16.6. The maximum atomic E-state index is 12.9. The molecule has 29 heavy (non-hydrogen) atoms. The van der Waals surface area contributed by atoms with E-state index in [9.17, 15) is 14.0 Å². The fourth-order valence-electron chi connectivity index (χ4n) is 3.25. The summed E-state index contributed by atoms with van der Waals surface area (Å²) < 4.78 is 18.3. The number of nitrogens with one attached hydrogen (secondary N) is 1. The van der Waals surface area contributed by atoms with Crippen molar-refractivity contribution < 1.29 is 18.7 Å². The first-order valence-electron chi connectivity index (χ1n) is 9.85. The molecule has 1 N–H and O–H groups in total. The molecule has 3 rings (SSSR count). The van der Waals surface area contributed by atoms with Gasteiger partial charge < -0.3 is 15.0 Å². The van der Waals surface area contributed by atoms with Crippen LogP contribution in [0.5, 0.6) is 5.75 Å². The van der Waals surface area contributed by atoms with Crippen LogP contribution in [0, 0.1) is 5.82 Å². The zero-order valence-electron chi connectivity index (χ0n) is 16.6. The molecule has 0 saturated carbocycles. The molecule has 7 heteroatoms. The van der Waals surface area contributed by atoms with E-state index in [1.165, 1.54) is 24.3 Å². The van der Waals surface area contributed by atoms with E-state index in [0.717, 1.165) is 18.8 Å². The summed E-state index contributed by atoms with van der Waals surface area (Å²) in [4.78, 5) is 28.8. The normalized spacial score (nSPS) is 14.5. The Kier molecular flexibility index (Phi) is 7.19. The fourth-order valence-corrected chi connectivity index (χ4v) is 3.25. The minimum Gasteiger partial charge on any atom is -0.494 e. The Morgan fingerprint density at radius 2 is 1.59 bits per heavy atom. The minimum absolute atomic E-state index is 0.0253. The lowest BCUT2D eigenvalue weighted by molar-refractivity contribution is 0.0638. The average Bonchev–Trinajstić information content (AvgIpc) is 2.75. The van der Waals surface area contributed by atoms with Crippen LogP contribution in [0.15, 0.2) is 48.5 Å². The van der Waals surface area contributed by atoms with Crippen LogP contribution in [0.3, 0.4) is 0 Å². The van der Waals surface area contributed by atoms with Gasteiger partial charge in [-0.3, -0.25) is 14.5 Å². The number of ether oxygens (including phenoxy) is 1. The van der Waals surface area contributed by atoms with E-state index in [2.05, 4.69) is 10.2 Å². The Hall–Kier alpha value is -2.93. The predicted octanol–water partition coefficient (Wildman–Crippen LogP) is 2.41. The van der Waals surface area contributed by atoms with Crippen molar-refractivity contribution in [1.82, 2.24) is 15.1 Å². The van der Waals surface area contributed by atoms with Crippen molar-refractivity contribution in [3.63, 3.8) is 0 Å². The van der Waals surface area contributed by atoms with E-state index in [1.807, 2.05) is 24.0 Å². The van der Waals surface area contributed by atoms with Crippen molar-refractivity contribution in [2.45, 2.75) is 6.92 Å². The lowest BCUT2D eigenvalue weighted by Gasteiger charge is -2.34. The monoisotopic (exact) mass is 399 g/mol. The second kappa shape index (κ2) is 10.0. The highest BCUT2D eigenvalue weighted by Gasteiger charge is 2.22. The van der Waals surface area contributed by atoms with Crippen molar-refractivity contribution in [3.05, 3.63) is 65.5 Å². The van der Waals surface area contributed by atoms with Crippen molar-refractivity contribution >= 4 is 11.8 Å². The number of halogens is 1. The highest BCUT2D eigenvalue weighted by molar-refractivity contribution is 5.94. The summed E-state index contributed by atoms with van der Waals surface area (Å²) in [5.41, 5.74) is 1.10. The molecular formula is C22H26FN3O3. The molecule has 0 spiro atoms. The van der Waals surface area contributed by atoms with Crippen molar-refractivity contribution in [3.8, 4) is 5.75 Å². The molecule has 154 valence electrons. The standard InChI is InChI=1S/C22H26FN3O3/c1-2-29-20-9-5-18(6-10-20)22(28)26-15-13-25(14-16-26)12-11-24-21(27)17-3-7-19(23)8-4-17/h3-10H,2,11-16H2,1H3,(H,24,27). The molecule has 0 aliphatic carbocycles. The second-order valence-corrected chi connectivity index (χ2v) is 6.85. The number of nitrogens with zero attached hydrogens (tertiary/aromatic N) is 2. The maximum Gasteiger partial charge on any atom is 0.253 e. The topological polar surface area (TPSA) is 61.9 Å². The molecule has 2 aromatic rings. The van der Waals surface area contributed by atoms with Gasteiger partial charge in [0.05, 0.1) is 6.61 Å². The smallest absolute Gasteiger partial charge is 0.253 e. The van der Waals surface area contributed by atoms with Gasteiger partial charge in [-0.2, -0.15) is 0 Å². The minimum atomic E-state index is -0.362. The molecular weight excluding hydrogens is 373 g/mol. The maximum absolute atomic E-state index is 12.9. The Balaban J connectivity index is 1.40. The highest BCUT2D eigenvalue weighted by atomic mass is 19.1. The number of piperazine rings is 1. The van der Waals surface area contributed by atoms with E-state index < -0.39 is 0 Å². The van der Waals surface area contributed by atoms with Crippen LogP contribution in [0.25, 0.3) is 0 Å². The molecule has 1 saturated heterocycles. The van der Waals surface area contributed by atoms with Gasteiger partial charge in [0.2, 0.25) is 0 Å². The molecule has 0 aromatic heterocycles. The van der Waals surface area contributed by atoms with Crippen molar-refractivity contribution in [2.75, 3.05) is 45.9 Å². The molecule has 0 unspecified atom stereocenters. The van der Waals surface area contributed by atoms with Gasteiger partial charge in [-0.05, 0) is 55.5 Å². The SMILES string of the molecule is CCOc1ccc(C(=O)N2CCN(CCNC(=O)c3ccc(F)cc3)CC2)cc1. The quantitative estimate of drug-likeness (QED) is 0.777. The summed E-state index contributed by atoms with van der Waals surface area (Å²) in [5.74, 6) is 0.211. The molecule has 0 atom stereocenters. The third kappa shape index (κ3) is 5.77. The van der Waals surface area contributed by atoms with Crippen LogP contribution >= 0.6 is 0 Å². The van der Waals surface area contributed by atoms with E-state index in [4.69, 9.17) is 4.74 Å². The van der Waals surface area contributed by atoms with Gasteiger partial charge in [0.25, 0.3) is 11.8 Å². The average molecular weight is 399 g/mol. The number of carbonyl (C=O) groups excluding carboxylic acids is 2. The van der Waals surface area contributed by atoms with Crippen molar-refractivity contribution in [2.24, 2.45) is 0 Å². The Bertz CT molecular complexity index is 816. The van der Waals surface area contributed by atoms with E-state index in [-0.39, 0.29) is 17.6 Å². The van der Waals surface area contributed by atoms with Crippen LogP contribution in [-0.2, 0) is 0 Å². The molecule has 1 aliphatic heterocycles. The third-order valence-corrected chi connectivity index (χ3v) is 4.89. The van der Waals surface area contributed by atoms with Crippen LogP contribution in [0.2, 0.25) is 0 Å². The largest absolute Gasteiger partial charge is 0.494 e. The molecule has 0 radical (unpaired) electrons. The van der Waals surface area contributed by atoms with Crippen molar-refractivity contribution in [1.29, 1.82) is 0 Å². The van der Waals surface area contributed by atoms with Gasteiger partial charge in [0, 0.05) is 50.4 Å². The number of amides is 2. The van der Waals surface area contributed by atoms with Gasteiger partial charge >= 0.3 is 0 Å². The fraction of sp³-hybridized carbons (Fsp3) is 0.364. The van der Waals surface area contributed by atoms with E-state index in [1.54, 1.807) is 12.1 Å². The lowest BCUT2D eigenvalue weighted by atomic mass is 10.1. The summed E-state index contributed by atoms with van der Waals surface area (Å²) in [6, 6.07) is 12.7. The zero-order chi connectivity index (χ0) is 20.6. The number of carbonyl (C=O) groups is 2. The van der Waals surface area contributed by atoms with Gasteiger partial charge in [-0.1, -0.05) is 0 Å². The predicted molar refractivity (Wildman–Crippen MR) is 109 cm³/mol. The molecule has 6 nitrogen and oxygen atoms in total. The summed E-state index contributed by atoms with van der Waals surface area (Å²) in [6.07, 6.45) is 0. The first kappa shape index (κ1) is 20.8. The summed E-state index contributed by atoms with van der Waals surface area (Å²) in [6.45, 7) is 6.55. The summed E-state index contributed by atoms with van der Waals surface area (Å²) in [5, 5.41) is 2.85. The number of hydrogen-bond acceptors (Lipinski definition) is 4. The number of rotatable bonds is 7. The van der Waals surface area contributed by atoms with Crippen LogP contribution in [0.4, 0.5) is 4.39 Å². The van der Waals surface area contributed by atoms with Gasteiger partial charge in [-0.15, -0.1) is 0 Å². The molecule has 2 amide bonds. The van der Waals surface area contributed by atoms with E-state index >= 15 is 0 Å². The van der Waals surface area contributed by atoms with Gasteiger partial charge in [-0.25, -0.2) is 4.39 Å². The van der Waals surface area contributed by atoms with Crippen LogP contribution in [0.1, 0.15) is 27.6 Å². The second-order valence-electron chi connectivity index (χ2n) is 6.85. The Labute approximate surface area is 170 Å². The van der Waals surface area contributed by atoms with E-state index in [0.29, 0.717) is 43.9 Å². The molecule has 1 aliphatic rings. The Morgan fingerprint density at radius 3 is 2.21 bits per heavy atom. The lowest BCUT2D eigenvalue weighted by Crippen LogP contribution is -2.50. The van der Waals surface area contributed by atoms with Gasteiger partial charge in [0.15, 0.2) is 0 Å². The molecule has 1 heterocycles. The van der Waals surface area contributed by atoms with Crippen LogP contribution < -0.4 is 10.1 Å². The summed E-state index contributed by atoms with van der Waals surface area (Å²) >= 11 is 0. The molecule has 0 bridgehead atoms. The number of benzene rings is 2. The molecule has 2 aromatic carbocycles. The number of hydrogen-bond donors (Lipinski definition) is 1. The Morgan fingerprint density at radius 1 is 0.966 bits per heavy atom. The highest BCUT2D eigenvalue weighted by Crippen LogP contribution is 2.15. The third-order valence-electron chi connectivity index (χ3n) is 4.89. The van der Waals surface area contributed by atoms with Crippen LogP contribution in [-0.4, -0.2) is 67.5 Å². The summed E-state index contributed by atoms with van der Waals surface area (Å²) in [7, 11) is 0.